The van der Waals surface area contributed by atoms with Crippen molar-refractivity contribution in [3.63, 3.8) is 0 Å². The maximum atomic E-state index is 2.55. The number of hydrogen-bond acceptors (Lipinski definition) is 0. The van der Waals surface area contributed by atoms with Crippen LogP contribution in [-0.2, 0) is 13.5 Å². The third-order valence-electron chi connectivity index (χ3n) is 7.82. The Morgan fingerprint density at radius 1 is 0.903 bits per heavy atom. The smallest absolute Gasteiger partial charge is 0.238 e. The second-order valence-electron chi connectivity index (χ2n) is 9.71. The third-order valence-corrected chi connectivity index (χ3v) is 7.82. The fourth-order valence-electron chi connectivity index (χ4n) is 6.36. The normalized spacial score (nSPS) is 15.5. The first kappa shape index (κ1) is 17.5. The highest BCUT2D eigenvalue weighted by Gasteiger charge is 2.24. The molecule has 3 heterocycles. The average Bonchev–Trinajstić information content (AvgIpc) is 3.40. The maximum absolute atomic E-state index is 2.55. The second kappa shape index (κ2) is 6.20. The van der Waals surface area contributed by atoms with Crippen LogP contribution in [0.5, 0.6) is 0 Å². The lowest BCUT2D eigenvalue weighted by Crippen LogP contribution is -2.28. The van der Waals surface area contributed by atoms with Crippen LogP contribution in [0.15, 0.2) is 60.8 Å². The Bertz CT molecular complexity index is 1630. The van der Waals surface area contributed by atoms with E-state index in [1.165, 1.54) is 92.2 Å². The molecule has 0 radical (unpaired) electrons. The topological polar surface area (TPSA) is 8.29 Å². The number of aromatic nitrogens is 2. The molecule has 1 aliphatic rings. The summed E-state index contributed by atoms with van der Waals surface area (Å²) in [5.41, 5.74) is 8.22. The quantitative estimate of drug-likeness (QED) is 0.170. The van der Waals surface area contributed by atoms with Gasteiger partial charge in [-0.3, -0.25) is 0 Å². The predicted octanol–water partition coefficient (Wildman–Crippen LogP) is 6.86. The van der Waals surface area contributed by atoms with Crippen LogP contribution in [0, 0.1) is 12.8 Å². The molecule has 2 nitrogen and oxygen atoms in total. The van der Waals surface area contributed by atoms with E-state index >= 15 is 0 Å². The van der Waals surface area contributed by atoms with Crippen LogP contribution in [0.1, 0.15) is 36.8 Å². The van der Waals surface area contributed by atoms with Crippen LogP contribution in [0.4, 0.5) is 0 Å². The fraction of sp³-hybridized carbons (Fsp3) is 0.276. The molecule has 0 aliphatic heterocycles. The summed E-state index contributed by atoms with van der Waals surface area (Å²) >= 11 is 0. The largest absolute Gasteiger partial charge is 0.303 e. The molecule has 31 heavy (non-hydrogen) atoms. The monoisotopic (exact) mass is 403 g/mol. The van der Waals surface area contributed by atoms with Crippen molar-refractivity contribution in [1.82, 2.24) is 4.40 Å². The van der Waals surface area contributed by atoms with Crippen molar-refractivity contribution in [3.05, 3.63) is 71.9 Å². The molecule has 152 valence electrons. The minimum absolute atomic E-state index is 0.864. The average molecular weight is 404 g/mol. The van der Waals surface area contributed by atoms with Gasteiger partial charge in [0, 0.05) is 22.2 Å². The minimum atomic E-state index is 0.864. The summed E-state index contributed by atoms with van der Waals surface area (Å²) in [5.74, 6) is 0.864. The Hall–Kier alpha value is -3.13. The molecule has 3 aromatic carbocycles. The van der Waals surface area contributed by atoms with Crippen molar-refractivity contribution in [2.75, 3.05) is 0 Å². The van der Waals surface area contributed by atoms with Gasteiger partial charge in [0.2, 0.25) is 5.52 Å². The Morgan fingerprint density at radius 3 is 2.65 bits per heavy atom. The van der Waals surface area contributed by atoms with Crippen molar-refractivity contribution >= 4 is 49.0 Å². The van der Waals surface area contributed by atoms with Gasteiger partial charge in [0.15, 0.2) is 6.20 Å². The van der Waals surface area contributed by atoms with E-state index in [1.54, 1.807) is 0 Å². The van der Waals surface area contributed by atoms with Gasteiger partial charge in [-0.15, -0.1) is 0 Å². The van der Waals surface area contributed by atoms with Gasteiger partial charge in [-0.05, 0) is 47.9 Å². The molecule has 1 aliphatic carbocycles. The van der Waals surface area contributed by atoms with E-state index in [-0.39, 0.29) is 0 Å². The van der Waals surface area contributed by atoms with Crippen molar-refractivity contribution in [3.8, 4) is 0 Å². The lowest BCUT2D eigenvalue weighted by molar-refractivity contribution is -0.644. The molecule has 2 heteroatoms. The third kappa shape index (κ3) is 2.31. The number of pyridine rings is 2. The van der Waals surface area contributed by atoms with Gasteiger partial charge in [-0.1, -0.05) is 62.1 Å². The van der Waals surface area contributed by atoms with E-state index in [9.17, 15) is 0 Å². The summed E-state index contributed by atoms with van der Waals surface area (Å²) in [5, 5.41) is 6.83. The van der Waals surface area contributed by atoms with Gasteiger partial charge in [-0.2, -0.15) is 4.57 Å². The van der Waals surface area contributed by atoms with E-state index in [0.29, 0.717) is 0 Å². The summed E-state index contributed by atoms with van der Waals surface area (Å²) < 4.78 is 4.86. The molecule has 3 aromatic heterocycles. The Kier molecular flexibility index (Phi) is 3.51. The fourth-order valence-corrected chi connectivity index (χ4v) is 6.36. The standard InChI is InChI=1S/C29H27N2/c1-18-10-12-21-8-5-9-24-27(21)26(18)29-28-23(14-15-30(29)2)22-13-11-20(17-25(22)31(24)28)16-19-6-3-4-7-19/h5,8-15,17,19H,3-4,6-7,16H2,1-2H3/q+1. The van der Waals surface area contributed by atoms with Gasteiger partial charge in [0.1, 0.15) is 12.6 Å². The van der Waals surface area contributed by atoms with Crippen molar-refractivity contribution in [2.24, 2.45) is 13.0 Å². The van der Waals surface area contributed by atoms with Crippen LogP contribution >= 0.6 is 0 Å². The number of hydrogen-bond donors (Lipinski definition) is 0. The summed E-state index contributed by atoms with van der Waals surface area (Å²) in [6, 6.07) is 20.9. The molecule has 1 saturated carbocycles. The van der Waals surface area contributed by atoms with Crippen molar-refractivity contribution in [2.45, 2.75) is 39.0 Å². The number of aryl methyl sites for hydroxylation is 2. The number of rotatable bonds is 2. The Labute approximate surface area is 182 Å². The van der Waals surface area contributed by atoms with Crippen molar-refractivity contribution in [1.29, 1.82) is 0 Å². The molecule has 0 spiro atoms. The highest BCUT2D eigenvalue weighted by molar-refractivity contribution is 6.25. The molecule has 0 atom stereocenters. The van der Waals surface area contributed by atoms with E-state index < -0.39 is 0 Å². The zero-order valence-electron chi connectivity index (χ0n) is 18.3. The second-order valence-corrected chi connectivity index (χ2v) is 9.71. The number of nitrogens with zero attached hydrogens (tertiary/aromatic N) is 2. The number of fused-ring (bicyclic) bond motifs is 5. The van der Waals surface area contributed by atoms with Gasteiger partial charge in [-0.25, -0.2) is 0 Å². The Balaban J connectivity index is 1.69. The number of benzene rings is 3. The van der Waals surface area contributed by atoms with E-state index in [1.807, 2.05) is 0 Å². The molecule has 0 N–H and O–H groups in total. The zero-order valence-corrected chi connectivity index (χ0v) is 18.3. The maximum Gasteiger partial charge on any atom is 0.238 e. The van der Waals surface area contributed by atoms with Crippen LogP contribution in [0.2, 0.25) is 0 Å². The highest BCUT2D eigenvalue weighted by Crippen LogP contribution is 2.40. The molecule has 1 fully saturated rings. The molecule has 0 bridgehead atoms. The molecule has 7 rings (SSSR count). The van der Waals surface area contributed by atoms with Crippen LogP contribution in [-0.4, -0.2) is 4.40 Å². The summed E-state index contributed by atoms with van der Waals surface area (Å²) in [6.45, 7) is 2.25. The van der Waals surface area contributed by atoms with Crippen LogP contribution in [0.3, 0.4) is 0 Å². The highest BCUT2D eigenvalue weighted by atomic mass is 15.0. The lowest BCUT2D eigenvalue weighted by atomic mass is 9.97. The first-order valence-corrected chi connectivity index (χ1v) is 11.7. The molecule has 0 amide bonds. The van der Waals surface area contributed by atoms with Gasteiger partial charge >= 0.3 is 0 Å². The molecule has 6 aromatic rings. The van der Waals surface area contributed by atoms with Gasteiger partial charge < -0.3 is 4.40 Å². The SMILES string of the molecule is Cc1ccc2cccc3c2c1c1c2c(cc[n+]1C)c1ccc(CC4CCCC4)cc1n32. The van der Waals surface area contributed by atoms with Gasteiger partial charge in [0.25, 0.3) is 0 Å². The van der Waals surface area contributed by atoms with E-state index in [0.717, 1.165) is 5.92 Å². The lowest BCUT2D eigenvalue weighted by Gasteiger charge is -2.13. The predicted molar refractivity (Wildman–Crippen MR) is 130 cm³/mol. The van der Waals surface area contributed by atoms with Crippen LogP contribution < -0.4 is 4.57 Å². The first-order valence-electron chi connectivity index (χ1n) is 11.7. The van der Waals surface area contributed by atoms with E-state index in [4.69, 9.17) is 0 Å². The first-order chi connectivity index (χ1) is 15.2. The van der Waals surface area contributed by atoms with E-state index in [2.05, 4.69) is 83.7 Å². The summed E-state index contributed by atoms with van der Waals surface area (Å²) in [6.07, 6.45) is 9.06. The zero-order chi connectivity index (χ0) is 20.7. The molecule has 0 saturated heterocycles. The summed E-state index contributed by atoms with van der Waals surface area (Å²) in [7, 11) is 2.19. The molecular formula is C29H27N2+. The molecule has 0 unspecified atom stereocenters. The minimum Gasteiger partial charge on any atom is -0.303 e. The van der Waals surface area contributed by atoms with Crippen molar-refractivity contribution < 1.29 is 4.57 Å². The summed E-state index contributed by atoms with van der Waals surface area (Å²) in [4.78, 5) is 0. The molecular weight excluding hydrogens is 376 g/mol. The Morgan fingerprint density at radius 2 is 1.77 bits per heavy atom. The van der Waals surface area contributed by atoms with Gasteiger partial charge in [0.05, 0.1) is 16.4 Å². The van der Waals surface area contributed by atoms with Crippen LogP contribution in [0.25, 0.3) is 49.0 Å².